The van der Waals surface area contributed by atoms with Gasteiger partial charge in [-0.2, -0.15) is 0 Å². The van der Waals surface area contributed by atoms with E-state index in [1.807, 2.05) is 0 Å². The van der Waals surface area contributed by atoms with E-state index in [1.165, 1.54) is 18.2 Å². The number of nitrogens with zero attached hydrogens (tertiary/aromatic N) is 1. The minimum Gasteiger partial charge on any atom is -0.298 e. The van der Waals surface area contributed by atoms with E-state index in [0.29, 0.717) is 15.7 Å². The van der Waals surface area contributed by atoms with Crippen LogP contribution < -0.4 is 5.32 Å². The maximum absolute atomic E-state index is 13.0. The van der Waals surface area contributed by atoms with Gasteiger partial charge < -0.3 is 0 Å². The molecular weight excluding hydrogens is 347 g/mol. The lowest BCUT2D eigenvalue weighted by Crippen LogP contribution is -2.11. The molecule has 4 nitrogen and oxygen atoms in total. The minimum absolute atomic E-state index is 0.0914. The zero-order valence-corrected chi connectivity index (χ0v) is 12.8. The first-order valence-electron chi connectivity index (χ1n) is 5.64. The van der Waals surface area contributed by atoms with Gasteiger partial charge in [0.05, 0.1) is 15.9 Å². The molecular formula is C13H10BrFN2O2S. The quantitative estimate of drug-likeness (QED) is 0.674. The van der Waals surface area contributed by atoms with E-state index in [0.717, 1.165) is 17.4 Å². The van der Waals surface area contributed by atoms with Crippen molar-refractivity contribution in [2.24, 2.45) is 0 Å². The Balaban J connectivity index is 2.18. The van der Waals surface area contributed by atoms with Gasteiger partial charge in [0.2, 0.25) is 0 Å². The van der Waals surface area contributed by atoms with Crippen molar-refractivity contribution >= 4 is 44.1 Å². The van der Waals surface area contributed by atoms with E-state index < -0.39 is 11.7 Å². The summed E-state index contributed by atoms with van der Waals surface area (Å²) in [7, 11) is 0. The van der Waals surface area contributed by atoms with Crippen LogP contribution in [0.2, 0.25) is 0 Å². The highest BCUT2D eigenvalue weighted by Crippen LogP contribution is 2.24. The smallest absolute Gasteiger partial charge is 0.257 e. The van der Waals surface area contributed by atoms with Crippen molar-refractivity contribution in [3.8, 4) is 0 Å². The summed E-state index contributed by atoms with van der Waals surface area (Å²) in [6, 6.07) is 5.36. The van der Waals surface area contributed by atoms with Crippen molar-refractivity contribution < 1.29 is 14.0 Å². The second-order valence-electron chi connectivity index (χ2n) is 3.95. The number of halogens is 2. The van der Waals surface area contributed by atoms with Gasteiger partial charge in [-0.05, 0) is 25.1 Å². The van der Waals surface area contributed by atoms with Crippen molar-refractivity contribution in [2.45, 2.75) is 6.92 Å². The van der Waals surface area contributed by atoms with Crippen molar-refractivity contribution in [1.82, 2.24) is 4.98 Å². The number of Topliss-reactive ketones (excluding diaryl/α,β-unsaturated/α-hetero) is 1. The summed E-state index contributed by atoms with van der Waals surface area (Å²) < 4.78 is 13.0. The number of carbonyl (C=O) groups is 2. The number of amides is 1. The Hall–Kier alpha value is -1.60. The summed E-state index contributed by atoms with van der Waals surface area (Å²) in [6.45, 7) is 1.70. The number of alkyl halides is 1. The molecule has 2 aromatic rings. The number of carbonyl (C=O) groups excluding carboxylic acids is 2. The molecule has 0 unspecified atom stereocenters. The van der Waals surface area contributed by atoms with Gasteiger partial charge in [-0.25, -0.2) is 9.37 Å². The number of ketones is 1. The summed E-state index contributed by atoms with van der Waals surface area (Å²) in [5, 5.41) is 3.08. The molecule has 104 valence electrons. The molecule has 2 rings (SSSR count). The van der Waals surface area contributed by atoms with E-state index >= 15 is 0 Å². The molecule has 1 aromatic heterocycles. The highest BCUT2D eigenvalue weighted by molar-refractivity contribution is 9.09. The second-order valence-corrected chi connectivity index (χ2v) is 5.51. The lowest BCUT2D eigenvalue weighted by molar-refractivity contribution is 0.101. The summed E-state index contributed by atoms with van der Waals surface area (Å²) >= 11 is 4.19. The number of hydrogen-bond donors (Lipinski definition) is 1. The molecule has 0 bridgehead atoms. The Morgan fingerprint density at radius 3 is 2.85 bits per heavy atom. The highest BCUT2D eigenvalue weighted by Gasteiger charge is 2.16. The van der Waals surface area contributed by atoms with Crippen LogP contribution >= 0.6 is 27.3 Å². The number of rotatable bonds is 4. The molecule has 0 radical (unpaired) electrons. The zero-order chi connectivity index (χ0) is 14.7. The SMILES string of the molecule is Cc1nc(NC(=O)c2cccc(F)c2)sc1C(=O)CBr. The van der Waals surface area contributed by atoms with Crippen LogP contribution in [0.15, 0.2) is 24.3 Å². The Kier molecular flexibility index (Phi) is 4.61. The predicted octanol–water partition coefficient (Wildman–Crippen LogP) is 3.42. The molecule has 20 heavy (non-hydrogen) atoms. The van der Waals surface area contributed by atoms with Gasteiger partial charge in [0.15, 0.2) is 10.9 Å². The van der Waals surface area contributed by atoms with E-state index in [2.05, 4.69) is 26.2 Å². The number of benzene rings is 1. The average molecular weight is 357 g/mol. The number of nitrogens with one attached hydrogen (secondary N) is 1. The second kappa shape index (κ2) is 6.23. The fourth-order valence-electron chi connectivity index (χ4n) is 1.57. The third-order valence-electron chi connectivity index (χ3n) is 2.48. The van der Waals surface area contributed by atoms with Crippen molar-refractivity contribution in [3.63, 3.8) is 0 Å². The van der Waals surface area contributed by atoms with Gasteiger partial charge in [-0.3, -0.25) is 14.9 Å². The molecule has 0 spiro atoms. The molecule has 0 saturated carbocycles. The lowest BCUT2D eigenvalue weighted by atomic mass is 10.2. The Morgan fingerprint density at radius 1 is 1.45 bits per heavy atom. The molecule has 0 atom stereocenters. The summed E-state index contributed by atoms with van der Waals surface area (Å²) in [4.78, 5) is 28.1. The number of hydrogen-bond acceptors (Lipinski definition) is 4. The standard InChI is InChI=1S/C13H10BrFN2O2S/c1-7-11(10(18)6-14)20-13(16-7)17-12(19)8-3-2-4-9(15)5-8/h2-5H,6H2,1H3,(H,16,17,19). The molecule has 0 fully saturated rings. The normalized spacial score (nSPS) is 10.3. The van der Waals surface area contributed by atoms with Gasteiger partial charge in [-0.1, -0.05) is 33.3 Å². The monoisotopic (exact) mass is 356 g/mol. The van der Waals surface area contributed by atoms with E-state index in [9.17, 15) is 14.0 Å². The van der Waals surface area contributed by atoms with E-state index in [1.54, 1.807) is 6.92 Å². The summed E-state index contributed by atoms with van der Waals surface area (Å²) in [5.74, 6) is -1.04. The first-order chi connectivity index (χ1) is 9.51. The first-order valence-corrected chi connectivity index (χ1v) is 7.58. The van der Waals surface area contributed by atoms with Crippen LogP contribution in [0.25, 0.3) is 0 Å². The molecule has 1 heterocycles. The largest absolute Gasteiger partial charge is 0.298 e. The topological polar surface area (TPSA) is 59.1 Å². The third-order valence-corrected chi connectivity index (χ3v) is 4.10. The van der Waals surface area contributed by atoms with Crippen molar-refractivity contribution in [1.29, 1.82) is 0 Å². The number of anilines is 1. The van der Waals surface area contributed by atoms with Crippen molar-refractivity contribution in [2.75, 3.05) is 10.6 Å². The summed E-state index contributed by atoms with van der Waals surface area (Å²) in [6.07, 6.45) is 0. The average Bonchev–Trinajstić information content (AvgIpc) is 2.78. The fourth-order valence-corrected chi connectivity index (χ4v) is 2.93. The molecule has 7 heteroatoms. The van der Waals surface area contributed by atoms with Gasteiger partial charge in [-0.15, -0.1) is 0 Å². The number of aromatic nitrogens is 1. The van der Waals surface area contributed by atoms with Crippen molar-refractivity contribution in [3.05, 3.63) is 46.2 Å². The van der Waals surface area contributed by atoms with Gasteiger partial charge in [0, 0.05) is 5.56 Å². The summed E-state index contributed by atoms with van der Waals surface area (Å²) in [5.41, 5.74) is 0.764. The number of aryl methyl sites for hydroxylation is 1. The molecule has 1 amide bonds. The zero-order valence-electron chi connectivity index (χ0n) is 10.4. The molecule has 1 aromatic carbocycles. The molecule has 0 saturated heterocycles. The maximum Gasteiger partial charge on any atom is 0.257 e. The van der Waals surface area contributed by atoms with E-state index in [-0.39, 0.29) is 16.7 Å². The van der Waals surface area contributed by atoms with Crippen LogP contribution in [0.4, 0.5) is 9.52 Å². The predicted molar refractivity (Wildman–Crippen MR) is 79.3 cm³/mol. The highest BCUT2D eigenvalue weighted by atomic mass is 79.9. The van der Waals surface area contributed by atoms with Crippen LogP contribution in [-0.2, 0) is 0 Å². The first kappa shape index (κ1) is 14.8. The number of thiazole rings is 1. The fraction of sp³-hybridized carbons (Fsp3) is 0.154. The Labute approximate surface area is 127 Å². The molecule has 0 aliphatic rings. The molecule has 1 N–H and O–H groups in total. The minimum atomic E-state index is -0.483. The van der Waals surface area contributed by atoms with E-state index in [4.69, 9.17) is 0 Å². The van der Waals surface area contributed by atoms with Gasteiger partial charge >= 0.3 is 0 Å². The lowest BCUT2D eigenvalue weighted by Gasteiger charge is -2.01. The van der Waals surface area contributed by atoms with Crippen LogP contribution in [-0.4, -0.2) is 22.0 Å². The Morgan fingerprint density at radius 2 is 2.20 bits per heavy atom. The van der Waals surface area contributed by atoms with Gasteiger partial charge in [0.1, 0.15) is 5.82 Å². The van der Waals surface area contributed by atoms with Gasteiger partial charge in [0.25, 0.3) is 5.91 Å². The van der Waals surface area contributed by atoms with Crippen LogP contribution in [0.5, 0.6) is 0 Å². The van der Waals surface area contributed by atoms with Crippen LogP contribution in [0.3, 0.4) is 0 Å². The van der Waals surface area contributed by atoms with Crippen LogP contribution in [0.1, 0.15) is 25.7 Å². The Bertz CT molecular complexity index is 672. The molecule has 0 aliphatic carbocycles. The molecule has 0 aliphatic heterocycles. The third kappa shape index (κ3) is 3.29. The maximum atomic E-state index is 13.0. The van der Waals surface area contributed by atoms with Crippen LogP contribution in [0, 0.1) is 12.7 Å².